The van der Waals surface area contributed by atoms with Crippen LogP contribution in [0.15, 0.2) is 0 Å². The Balaban J connectivity index is 3.15. The first-order chi connectivity index (χ1) is 4.16. The van der Waals surface area contributed by atoms with Gasteiger partial charge in [-0.1, -0.05) is 13.3 Å². The van der Waals surface area contributed by atoms with Crippen LogP contribution in [-0.2, 0) is 4.74 Å². The first kappa shape index (κ1) is 8.96. The molecule has 1 heteroatoms. The van der Waals surface area contributed by atoms with Crippen LogP contribution in [0.25, 0.3) is 0 Å². The van der Waals surface area contributed by atoms with Crippen LogP contribution >= 0.6 is 0 Å². The van der Waals surface area contributed by atoms with Gasteiger partial charge in [0.1, 0.15) is 0 Å². The zero-order valence-corrected chi connectivity index (χ0v) is 6.68. The van der Waals surface area contributed by atoms with E-state index < -0.39 is 0 Å². The Labute approximate surface area is 58.4 Å². The topological polar surface area (TPSA) is 9.23 Å². The summed E-state index contributed by atoms with van der Waals surface area (Å²) in [6.07, 6.45) is 2.73. The Morgan fingerprint density at radius 3 is 2.33 bits per heavy atom. The molecule has 0 bridgehead atoms. The standard InChI is InChI=1S/C8H17O/c1-5-6-8(4)9-7(2)3/h7-8H,4-6H2,1-3H3. The third-order valence-corrected chi connectivity index (χ3v) is 1.08. The highest BCUT2D eigenvalue weighted by atomic mass is 16.5. The highest BCUT2D eigenvalue weighted by molar-refractivity contribution is 4.59. The zero-order valence-electron chi connectivity index (χ0n) is 6.68. The van der Waals surface area contributed by atoms with Gasteiger partial charge in [-0.3, -0.25) is 0 Å². The molecule has 0 rings (SSSR count). The van der Waals surface area contributed by atoms with Crippen LogP contribution in [-0.4, -0.2) is 12.2 Å². The van der Waals surface area contributed by atoms with Crippen molar-refractivity contribution in [1.29, 1.82) is 0 Å². The number of rotatable bonds is 4. The van der Waals surface area contributed by atoms with E-state index in [9.17, 15) is 0 Å². The number of ether oxygens (including phenoxy) is 1. The molecule has 1 unspecified atom stereocenters. The fourth-order valence-corrected chi connectivity index (χ4v) is 0.775. The Morgan fingerprint density at radius 2 is 2.00 bits per heavy atom. The lowest BCUT2D eigenvalue weighted by molar-refractivity contribution is 0.0291. The fraction of sp³-hybridized carbons (Fsp3) is 0.875. The third-order valence-electron chi connectivity index (χ3n) is 1.08. The van der Waals surface area contributed by atoms with Crippen molar-refractivity contribution in [2.45, 2.75) is 45.8 Å². The van der Waals surface area contributed by atoms with E-state index in [0.29, 0.717) is 6.10 Å². The van der Waals surface area contributed by atoms with Crippen LogP contribution in [0, 0.1) is 6.92 Å². The van der Waals surface area contributed by atoms with Crippen molar-refractivity contribution in [1.82, 2.24) is 0 Å². The fourth-order valence-electron chi connectivity index (χ4n) is 0.775. The van der Waals surface area contributed by atoms with Crippen LogP contribution in [0.5, 0.6) is 0 Å². The van der Waals surface area contributed by atoms with Crippen molar-refractivity contribution in [2.75, 3.05) is 0 Å². The third kappa shape index (κ3) is 5.84. The van der Waals surface area contributed by atoms with Gasteiger partial charge in [-0.2, -0.15) is 0 Å². The lowest BCUT2D eigenvalue weighted by Crippen LogP contribution is -2.13. The van der Waals surface area contributed by atoms with E-state index >= 15 is 0 Å². The average Bonchev–Trinajstić information content (AvgIpc) is 1.63. The molecule has 0 aromatic heterocycles. The molecule has 0 saturated carbocycles. The van der Waals surface area contributed by atoms with Gasteiger partial charge in [0.15, 0.2) is 0 Å². The normalized spacial score (nSPS) is 14.3. The van der Waals surface area contributed by atoms with Gasteiger partial charge in [0.05, 0.1) is 12.2 Å². The van der Waals surface area contributed by atoms with E-state index in [4.69, 9.17) is 4.74 Å². The predicted molar refractivity (Wildman–Crippen MR) is 40.3 cm³/mol. The monoisotopic (exact) mass is 129 g/mol. The molecule has 1 nitrogen and oxygen atoms in total. The van der Waals surface area contributed by atoms with Gasteiger partial charge in [0.2, 0.25) is 0 Å². The van der Waals surface area contributed by atoms with Crippen molar-refractivity contribution >= 4 is 0 Å². The van der Waals surface area contributed by atoms with E-state index in [1.807, 2.05) is 13.8 Å². The molecular weight excluding hydrogens is 112 g/mol. The Kier molecular flexibility index (Phi) is 4.78. The van der Waals surface area contributed by atoms with Crippen LogP contribution in [0.4, 0.5) is 0 Å². The lowest BCUT2D eigenvalue weighted by atomic mass is 10.2. The molecule has 0 amide bonds. The van der Waals surface area contributed by atoms with Gasteiger partial charge in [-0.05, 0) is 27.2 Å². The molecule has 0 heterocycles. The van der Waals surface area contributed by atoms with E-state index in [-0.39, 0.29) is 6.10 Å². The highest BCUT2D eigenvalue weighted by Gasteiger charge is 2.01. The van der Waals surface area contributed by atoms with Crippen molar-refractivity contribution in [3.63, 3.8) is 0 Å². The summed E-state index contributed by atoms with van der Waals surface area (Å²) >= 11 is 0. The zero-order chi connectivity index (χ0) is 7.28. The summed E-state index contributed by atoms with van der Waals surface area (Å²) in [5.41, 5.74) is 0. The van der Waals surface area contributed by atoms with Gasteiger partial charge in [0, 0.05) is 0 Å². The second kappa shape index (κ2) is 4.80. The Bertz CT molecular complexity index is 59.6. The van der Waals surface area contributed by atoms with Crippen molar-refractivity contribution in [3.8, 4) is 0 Å². The molecule has 0 aliphatic carbocycles. The van der Waals surface area contributed by atoms with E-state index in [2.05, 4.69) is 13.8 Å². The molecule has 1 radical (unpaired) electrons. The Hall–Kier alpha value is -0.0400. The van der Waals surface area contributed by atoms with Gasteiger partial charge >= 0.3 is 0 Å². The minimum Gasteiger partial charge on any atom is -0.376 e. The molecular formula is C8H17O. The summed E-state index contributed by atoms with van der Waals surface area (Å²) in [4.78, 5) is 0. The van der Waals surface area contributed by atoms with Gasteiger partial charge in [-0.25, -0.2) is 0 Å². The van der Waals surface area contributed by atoms with Crippen LogP contribution in [0.3, 0.4) is 0 Å². The minimum absolute atomic E-state index is 0.190. The van der Waals surface area contributed by atoms with Gasteiger partial charge < -0.3 is 4.74 Å². The van der Waals surface area contributed by atoms with Gasteiger partial charge in [-0.15, -0.1) is 0 Å². The molecule has 0 saturated heterocycles. The smallest absolute Gasteiger partial charge is 0.0579 e. The number of hydrogen-bond acceptors (Lipinski definition) is 1. The quantitative estimate of drug-likeness (QED) is 0.566. The molecule has 0 spiro atoms. The molecule has 1 atom stereocenters. The largest absolute Gasteiger partial charge is 0.376 e. The summed E-state index contributed by atoms with van der Waals surface area (Å²) in [5.74, 6) is 0. The van der Waals surface area contributed by atoms with Crippen molar-refractivity contribution in [2.24, 2.45) is 0 Å². The summed E-state index contributed by atoms with van der Waals surface area (Å²) in [5, 5.41) is 0. The molecule has 0 aromatic rings. The first-order valence-electron chi connectivity index (χ1n) is 3.65. The average molecular weight is 129 g/mol. The molecule has 0 aliphatic heterocycles. The molecule has 0 aromatic carbocycles. The summed E-state index contributed by atoms with van der Waals surface area (Å²) in [7, 11) is 0. The molecule has 55 valence electrons. The maximum absolute atomic E-state index is 5.38. The van der Waals surface area contributed by atoms with E-state index in [1.165, 1.54) is 0 Å². The molecule has 0 fully saturated rings. The highest BCUT2D eigenvalue weighted by Crippen LogP contribution is 2.02. The molecule has 0 aliphatic rings. The molecule has 0 N–H and O–H groups in total. The maximum atomic E-state index is 5.38. The van der Waals surface area contributed by atoms with Gasteiger partial charge in [0.25, 0.3) is 0 Å². The predicted octanol–water partition coefficient (Wildman–Crippen LogP) is 2.41. The second-order valence-electron chi connectivity index (χ2n) is 2.60. The summed E-state index contributed by atoms with van der Waals surface area (Å²) in [6, 6.07) is 0. The second-order valence-corrected chi connectivity index (χ2v) is 2.60. The Morgan fingerprint density at radius 1 is 1.44 bits per heavy atom. The maximum Gasteiger partial charge on any atom is 0.0579 e. The molecule has 9 heavy (non-hydrogen) atoms. The van der Waals surface area contributed by atoms with Crippen LogP contribution in [0.2, 0.25) is 0 Å². The number of hydrogen-bond donors (Lipinski definition) is 0. The van der Waals surface area contributed by atoms with Crippen LogP contribution in [0.1, 0.15) is 33.6 Å². The lowest BCUT2D eigenvalue weighted by Gasteiger charge is -2.14. The SMILES string of the molecule is [CH2]C(CCC)OC(C)C. The van der Waals surface area contributed by atoms with Crippen LogP contribution < -0.4 is 0 Å². The first-order valence-corrected chi connectivity index (χ1v) is 3.65. The van der Waals surface area contributed by atoms with E-state index in [0.717, 1.165) is 12.8 Å². The van der Waals surface area contributed by atoms with Crippen molar-refractivity contribution < 1.29 is 4.74 Å². The minimum atomic E-state index is 0.190. The van der Waals surface area contributed by atoms with Crippen molar-refractivity contribution in [3.05, 3.63) is 6.92 Å². The summed E-state index contributed by atoms with van der Waals surface area (Å²) in [6.45, 7) is 10.1. The summed E-state index contributed by atoms with van der Waals surface area (Å²) < 4.78 is 5.38. The van der Waals surface area contributed by atoms with E-state index in [1.54, 1.807) is 0 Å².